The molecule has 0 saturated heterocycles. The predicted molar refractivity (Wildman–Crippen MR) is 179 cm³/mol. The molecule has 0 aliphatic carbocycles. The standard InChI is InChI=1S/C39H24FN5/c40-31-19-7-1-17-29(31)37-41-38(43-39(42-37)45-34-22-10-4-15-27(34)28-16-5-11-23-35(28)45)30-18-6-12-24-36(30)44-32-20-8-2-13-25(32)26-14-3-9-21-33(26)44/h1-24H/i2D,3D,4D,5D,8D,9D,10D,11D,13D,14D,15D,16D,20D,21D,22D,23D. The van der Waals surface area contributed by atoms with Crippen molar-refractivity contribution in [3.8, 4) is 34.4 Å². The normalized spacial score (nSPS) is 16.6. The number of halogens is 1. The van der Waals surface area contributed by atoms with E-state index in [2.05, 4.69) is 9.97 Å². The SMILES string of the molecule is [2H]c1c([2H])c([2H])c2c(c1[2H])c1c([2H])c([2H])c([2H])c([2H])c1n2-c1nc(-c2ccccc2F)nc(-c2ccccc2-n2c3c([2H])c([2H])c([2H])c([2H])c3c3c([2H])c([2H])c([2H])c([2H])c32)n1. The molecule has 3 heterocycles. The van der Waals surface area contributed by atoms with Gasteiger partial charge in [0.1, 0.15) is 5.82 Å². The van der Waals surface area contributed by atoms with Gasteiger partial charge in [-0.05, 0) is 48.4 Å². The highest BCUT2D eigenvalue weighted by Crippen LogP contribution is 2.37. The van der Waals surface area contributed by atoms with E-state index in [1.165, 1.54) is 34.9 Å². The van der Waals surface area contributed by atoms with Crippen molar-refractivity contribution in [2.24, 2.45) is 0 Å². The molecule has 212 valence electrons. The maximum atomic E-state index is 15.7. The van der Waals surface area contributed by atoms with Crippen LogP contribution in [0, 0.1) is 5.82 Å². The Morgan fingerprint density at radius 1 is 0.467 bits per heavy atom. The third-order valence-electron chi connectivity index (χ3n) is 7.39. The van der Waals surface area contributed by atoms with Gasteiger partial charge < -0.3 is 4.57 Å². The number of hydrogen-bond acceptors (Lipinski definition) is 3. The zero-order valence-electron chi connectivity index (χ0n) is 38.7. The van der Waals surface area contributed by atoms with Gasteiger partial charge in [0.25, 0.3) is 0 Å². The maximum Gasteiger partial charge on any atom is 0.238 e. The van der Waals surface area contributed by atoms with E-state index in [4.69, 9.17) is 26.9 Å². The summed E-state index contributed by atoms with van der Waals surface area (Å²) in [7, 11) is 0. The van der Waals surface area contributed by atoms with E-state index >= 15 is 4.39 Å². The van der Waals surface area contributed by atoms with Crippen LogP contribution in [0.4, 0.5) is 4.39 Å². The summed E-state index contributed by atoms with van der Waals surface area (Å²) in [5.41, 5.74) is -1.18. The van der Waals surface area contributed by atoms with Crippen LogP contribution in [0.25, 0.3) is 78.0 Å². The van der Waals surface area contributed by atoms with Crippen LogP contribution in [-0.2, 0) is 0 Å². The van der Waals surface area contributed by atoms with Gasteiger partial charge in [-0.15, -0.1) is 0 Å². The van der Waals surface area contributed by atoms with Gasteiger partial charge in [0.15, 0.2) is 11.6 Å². The lowest BCUT2D eigenvalue weighted by atomic mass is 10.1. The summed E-state index contributed by atoms with van der Waals surface area (Å²) in [6, 6.07) is 1.34. The third-order valence-corrected chi connectivity index (χ3v) is 7.39. The highest BCUT2D eigenvalue weighted by molar-refractivity contribution is 6.10. The number of aromatic nitrogens is 5. The summed E-state index contributed by atoms with van der Waals surface area (Å²) in [5, 5.41) is -0.924. The summed E-state index contributed by atoms with van der Waals surface area (Å²) in [5.74, 6) is -1.89. The van der Waals surface area contributed by atoms with Crippen LogP contribution >= 0.6 is 0 Å². The summed E-state index contributed by atoms with van der Waals surface area (Å²) in [6.45, 7) is 0. The van der Waals surface area contributed by atoms with Crippen LogP contribution < -0.4 is 0 Å². The van der Waals surface area contributed by atoms with Gasteiger partial charge in [0.05, 0.1) is 55.2 Å². The first-order valence-corrected chi connectivity index (χ1v) is 13.5. The molecule has 0 radical (unpaired) electrons. The molecule has 0 N–H and O–H groups in total. The van der Waals surface area contributed by atoms with E-state index in [1.54, 1.807) is 12.1 Å². The molecule has 6 aromatic carbocycles. The molecule has 9 aromatic rings. The van der Waals surface area contributed by atoms with Crippen LogP contribution in [0.5, 0.6) is 0 Å². The molecule has 5 nitrogen and oxygen atoms in total. The van der Waals surface area contributed by atoms with Gasteiger partial charge >= 0.3 is 0 Å². The minimum absolute atomic E-state index is 0.0280. The Hall–Kier alpha value is -6.14. The molecule has 0 saturated carbocycles. The van der Waals surface area contributed by atoms with Crippen LogP contribution in [0.2, 0.25) is 0 Å². The van der Waals surface area contributed by atoms with Crippen molar-refractivity contribution < 1.29 is 26.3 Å². The molecule has 0 atom stereocenters. The molecule has 0 amide bonds. The lowest BCUT2D eigenvalue weighted by molar-refractivity contribution is 0.629. The molecular weight excluding hydrogens is 557 g/mol. The topological polar surface area (TPSA) is 48.5 Å². The van der Waals surface area contributed by atoms with Crippen molar-refractivity contribution in [2.45, 2.75) is 0 Å². The van der Waals surface area contributed by atoms with E-state index in [0.29, 0.717) is 0 Å². The highest BCUT2D eigenvalue weighted by atomic mass is 19.1. The van der Waals surface area contributed by atoms with Crippen molar-refractivity contribution in [3.63, 3.8) is 0 Å². The molecule has 9 rings (SSSR count). The molecule has 0 bridgehead atoms. The first-order valence-electron chi connectivity index (χ1n) is 21.5. The maximum absolute atomic E-state index is 15.7. The molecule has 3 aromatic heterocycles. The Kier molecular flexibility index (Phi) is 3.12. The summed E-state index contributed by atoms with van der Waals surface area (Å²) < 4.78 is 157. The highest BCUT2D eigenvalue weighted by Gasteiger charge is 2.21. The molecule has 0 fully saturated rings. The fourth-order valence-electron chi connectivity index (χ4n) is 5.49. The second kappa shape index (κ2) is 9.96. The Labute approximate surface area is 280 Å². The van der Waals surface area contributed by atoms with Crippen molar-refractivity contribution >= 4 is 43.6 Å². The van der Waals surface area contributed by atoms with Gasteiger partial charge in [-0.2, -0.15) is 9.97 Å². The Balaban J connectivity index is 1.49. The monoisotopic (exact) mass is 597 g/mol. The van der Waals surface area contributed by atoms with Crippen molar-refractivity contribution in [2.75, 3.05) is 0 Å². The van der Waals surface area contributed by atoms with Crippen LogP contribution in [0.1, 0.15) is 21.9 Å². The van der Waals surface area contributed by atoms with Gasteiger partial charge in [0.2, 0.25) is 5.95 Å². The molecule has 0 aliphatic rings. The Bertz CT molecular complexity index is 3320. The minimum atomic E-state index is -0.792. The molecule has 45 heavy (non-hydrogen) atoms. The lowest BCUT2D eigenvalue weighted by Gasteiger charge is -2.15. The summed E-state index contributed by atoms with van der Waals surface area (Å²) >= 11 is 0. The van der Waals surface area contributed by atoms with Crippen LogP contribution in [0.3, 0.4) is 0 Å². The molecule has 0 unspecified atom stereocenters. The molecule has 0 spiro atoms. The summed E-state index contributed by atoms with van der Waals surface area (Å²) in [4.78, 5) is 13.9. The number of para-hydroxylation sites is 5. The first kappa shape index (κ1) is 14.1. The minimum Gasteiger partial charge on any atom is -0.309 e. The fourth-order valence-corrected chi connectivity index (χ4v) is 5.49. The Morgan fingerprint density at radius 2 is 0.889 bits per heavy atom. The second-order valence-electron chi connectivity index (χ2n) is 9.84. The van der Waals surface area contributed by atoms with Crippen molar-refractivity contribution in [1.82, 2.24) is 24.1 Å². The van der Waals surface area contributed by atoms with Crippen molar-refractivity contribution in [3.05, 3.63) is 151 Å². The third kappa shape index (κ3) is 3.89. The number of hydrogen-bond donors (Lipinski definition) is 0. The summed E-state index contributed by atoms with van der Waals surface area (Å²) in [6.07, 6.45) is 0. The van der Waals surface area contributed by atoms with Crippen molar-refractivity contribution in [1.29, 1.82) is 0 Å². The molecule has 0 aliphatic heterocycles. The zero-order valence-corrected chi connectivity index (χ0v) is 22.7. The van der Waals surface area contributed by atoms with Crippen LogP contribution in [-0.4, -0.2) is 24.1 Å². The fraction of sp³-hybridized carbons (Fsp3) is 0. The smallest absolute Gasteiger partial charge is 0.238 e. The van der Waals surface area contributed by atoms with E-state index in [-0.39, 0.29) is 72.1 Å². The largest absolute Gasteiger partial charge is 0.309 e. The quantitative estimate of drug-likeness (QED) is 0.203. The average molecular weight is 598 g/mol. The van der Waals surface area contributed by atoms with Crippen LogP contribution in [0.15, 0.2) is 145 Å². The first-order chi connectivity index (χ1) is 28.9. The number of rotatable bonds is 4. The molecular formula is C39H24FN5. The predicted octanol–water partition coefficient (Wildman–Crippen LogP) is 9.54. The van der Waals surface area contributed by atoms with Gasteiger partial charge in [-0.1, -0.05) is 96.8 Å². The number of nitrogens with zero attached hydrogens (tertiary/aromatic N) is 5. The zero-order chi connectivity index (χ0) is 43.8. The molecule has 6 heteroatoms. The van der Waals surface area contributed by atoms with Gasteiger partial charge in [-0.25, -0.2) is 9.37 Å². The van der Waals surface area contributed by atoms with Gasteiger partial charge in [0, 0.05) is 27.1 Å². The van der Waals surface area contributed by atoms with E-state index in [9.17, 15) is 0 Å². The van der Waals surface area contributed by atoms with Gasteiger partial charge in [-0.3, -0.25) is 4.57 Å². The number of benzene rings is 6. The Morgan fingerprint density at radius 3 is 1.42 bits per heavy atom. The van der Waals surface area contributed by atoms with E-state index in [0.717, 1.165) is 10.6 Å². The second-order valence-corrected chi connectivity index (χ2v) is 9.84. The lowest BCUT2D eigenvalue weighted by Crippen LogP contribution is -2.08. The average Bonchev–Trinajstić information content (AvgIpc) is 3.81. The van der Waals surface area contributed by atoms with E-state index in [1.807, 2.05) is 0 Å². The van der Waals surface area contributed by atoms with E-state index < -0.39 is 108 Å². The number of fused-ring (bicyclic) bond motifs is 6.